The molecule has 0 amide bonds. The van der Waals surface area contributed by atoms with E-state index in [4.69, 9.17) is 16.9 Å². The van der Waals surface area contributed by atoms with Gasteiger partial charge in [-0.2, -0.15) is 17.9 Å². The molecule has 0 radical (unpaired) electrons. The van der Waals surface area contributed by atoms with Crippen LogP contribution in [0.3, 0.4) is 0 Å². The second kappa shape index (κ2) is 4.39. The third-order valence-corrected chi connectivity index (χ3v) is 2.03. The Morgan fingerprint density at radius 3 is 2.83 bits per heavy atom. The highest BCUT2D eigenvalue weighted by Gasteiger charge is 2.00. The Labute approximate surface area is 82.4 Å². The highest BCUT2D eigenvalue weighted by atomic mass is 35.5. The minimum atomic E-state index is 0.672. The average molecular weight is 198 g/mol. The molecule has 0 spiro atoms. The maximum absolute atomic E-state index is 8.72. The lowest BCUT2D eigenvalue weighted by Gasteiger charge is -2.01. The molecule has 0 unspecified atom stereocenters. The lowest BCUT2D eigenvalue weighted by molar-refractivity contribution is 1.15. The monoisotopic (exact) mass is 197 g/mol. The smallest absolute Gasteiger partial charge is 0.0994 e. The SMILES string of the molecule is N#Cc1ccc(Cl)cc1CCS. The summed E-state index contributed by atoms with van der Waals surface area (Å²) in [6, 6.07) is 7.39. The van der Waals surface area contributed by atoms with Gasteiger partial charge in [0, 0.05) is 5.02 Å². The molecule has 0 bridgehead atoms. The zero-order chi connectivity index (χ0) is 8.97. The van der Waals surface area contributed by atoms with Crippen LogP contribution in [0.25, 0.3) is 0 Å². The van der Waals surface area contributed by atoms with Gasteiger partial charge in [-0.3, -0.25) is 0 Å². The first-order valence-electron chi connectivity index (χ1n) is 3.57. The molecule has 12 heavy (non-hydrogen) atoms. The summed E-state index contributed by atoms with van der Waals surface area (Å²) < 4.78 is 0. The van der Waals surface area contributed by atoms with Gasteiger partial charge >= 0.3 is 0 Å². The number of nitriles is 1. The van der Waals surface area contributed by atoms with Crippen molar-refractivity contribution in [3.8, 4) is 6.07 Å². The third kappa shape index (κ3) is 2.17. The molecule has 62 valence electrons. The predicted octanol–water partition coefficient (Wildman–Crippen LogP) is 2.68. The van der Waals surface area contributed by atoms with Crippen molar-refractivity contribution in [3.05, 3.63) is 34.3 Å². The Balaban J connectivity index is 3.06. The molecule has 0 saturated carbocycles. The van der Waals surface area contributed by atoms with Gasteiger partial charge in [-0.25, -0.2) is 0 Å². The molecule has 0 aliphatic carbocycles. The highest BCUT2D eigenvalue weighted by molar-refractivity contribution is 7.80. The normalized spacial score (nSPS) is 9.42. The first kappa shape index (κ1) is 9.44. The molecule has 1 aromatic carbocycles. The average Bonchev–Trinajstić information content (AvgIpc) is 2.05. The summed E-state index contributed by atoms with van der Waals surface area (Å²) in [5.41, 5.74) is 1.66. The first-order chi connectivity index (χ1) is 5.77. The number of nitrogens with zero attached hydrogens (tertiary/aromatic N) is 1. The van der Waals surface area contributed by atoms with Crippen molar-refractivity contribution in [2.24, 2.45) is 0 Å². The minimum Gasteiger partial charge on any atom is -0.192 e. The maximum Gasteiger partial charge on any atom is 0.0994 e. The van der Waals surface area contributed by atoms with Crippen LogP contribution in [-0.2, 0) is 6.42 Å². The molecule has 0 aromatic heterocycles. The summed E-state index contributed by atoms with van der Waals surface area (Å²) in [5, 5.41) is 9.39. The van der Waals surface area contributed by atoms with E-state index in [1.54, 1.807) is 12.1 Å². The van der Waals surface area contributed by atoms with Crippen molar-refractivity contribution in [3.63, 3.8) is 0 Å². The molecule has 0 atom stereocenters. The summed E-state index contributed by atoms with van der Waals surface area (Å²) in [6.07, 6.45) is 0.784. The van der Waals surface area contributed by atoms with Crippen molar-refractivity contribution >= 4 is 24.2 Å². The lowest BCUT2D eigenvalue weighted by Crippen LogP contribution is -1.90. The molecule has 0 heterocycles. The zero-order valence-corrected chi connectivity index (χ0v) is 8.07. The minimum absolute atomic E-state index is 0.672. The van der Waals surface area contributed by atoms with Crippen molar-refractivity contribution < 1.29 is 0 Å². The topological polar surface area (TPSA) is 23.8 Å². The van der Waals surface area contributed by atoms with Gasteiger partial charge in [0.25, 0.3) is 0 Å². The van der Waals surface area contributed by atoms with E-state index >= 15 is 0 Å². The van der Waals surface area contributed by atoms with Gasteiger partial charge in [0.15, 0.2) is 0 Å². The van der Waals surface area contributed by atoms with Crippen LogP contribution < -0.4 is 0 Å². The summed E-state index contributed by atoms with van der Waals surface area (Å²) >= 11 is 9.87. The van der Waals surface area contributed by atoms with Crippen LogP contribution in [0, 0.1) is 11.3 Å². The molecule has 0 fully saturated rings. The van der Waals surface area contributed by atoms with E-state index in [1.165, 1.54) is 0 Å². The quantitative estimate of drug-likeness (QED) is 0.725. The van der Waals surface area contributed by atoms with Gasteiger partial charge in [0.2, 0.25) is 0 Å². The Kier molecular flexibility index (Phi) is 3.46. The number of hydrogen-bond acceptors (Lipinski definition) is 2. The molecular formula is C9H8ClNS. The largest absolute Gasteiger partial charge is 0.192 e. The number of thiol groups is 1. The second-order valence-electron chi connectivity index (χ2n) is 2.39. The van der Waals surface area contributed by atoms with Crippen LogP contribution >= 0.6 is 24.2 Å². The van der Waals surface area contributed by atoms with E-state index in [9.17, 15) is 0 Å². The van der Waals surface area contributed by atoms with E-state index < -0.39 is 0 Å². The Bertz CT molecular complexity index is 317. The molecular weight excluding hydrogens is 190 g/mol. The van der Waals surface area contributed by atoms with Gasteiger partial charge in [0.05, 0.1) is 11.6 Å². The standard InChI is InChI=1S/C9H8ClNS/c10-9-2-1-8(6-11)7(5-9)3-4-12/h1-2,5,12H,3-4H2. The van der Waals surface area contributed by atoms with E-state index in [0.717, 1.165) is 17.7 Å². The second-order valence-corrected chi connectivity index (χ2v) is 3.27. The molecule has 3 heteroatoms. The fourth-order valence-electron chi connectivity index (χ4n) is 0.999. The number of aryl methyl sites for hydroxylation is 1. The van der Waals surface area contributed by atoms with Crippen LogP contribution in [0.2, 0.25) is 5.02 Å². The van der Waals surface area contributed by atoms with Crippen LogP contribution in [0.1, 0.15) is 11.1 Å². The molecule has 0 aliphatic rings. The number of rotatable bonds is 2. The van der Waals surface area contributed by atoms with Crippen LogP contribution in [0.15, 0.2) is 18.2 Å². The summed E-state index contributed by atoms with van der Waals surface area (Å²) in [4.78, 5) is 0. The molecule has 0 N–H and O–H groups in total. The number of halogens is 1. The van der Waals surface area contributed by atoms with E-state index in [0.29, 0.717) is 10.6 Å². The molecule has 0 saturated heterocycles. The highest BCUT2D eigenvalue weighted by Crippen LogP contribution is 2.16. The fourth-order valence-corrected chi connectivity index (χ4v) is 1.43. The van der Waals surface area contributed by atoms with Gasteiger partial charge < -0.3 is 0 Å². The fraction of sp³-hybridized carbons (Fsp3) is 0.222. The molecule has 1 rings (SSSR count). The maximum atomic E-state index is 8.72. The van der Waals surface area contributed by atoms with Crippen LogP contribution in [0.5, 0.6) is 0 Å². The van der Waals surface area contributed by atoms with Crippen LogP contribution in [-0.4, -0.2) is 5.75 Å². The Morgan fingerprint density at radius 2 is 2.25 bits per heavy atom. The van der Waals surface area contributed by atoms with Crippen molar-refractivity contribution in [1.82, 2.24) is 0 Å². The third-order valence-electron chi connectivity index (χ3n) is 1.57. The van der Waals surface area contributed by atoms with Gasteiger partial charge in [-0.1, -0.05) is 11.6 Å². The molecule has 0 aliphatic heterocycles. The summed E-state index contributed by atoms with van der Waals surface area (Å²) in [5.74, 6) is 0.731. The number of hydrogen-bond donors (Lipinski definition) is 1. The van der Waals surface area contributed by atoms with Gasteiger partial charge in [-0.05, 0) is 35.9 Å². The number of benzene rings is 1. The van der Waals surface area contributed by atoms with E-state index in [1.807, 2.05) is 6.07 Å². The Morgan fingerprint density at radius 1 is 1.50 bits per heavy atom. The zero-order valence-electron chi connectivity index (χ0n) is 6.42. The lowest BCUT2D eigenvalue weighted by atomic mass is 10.1. The molecule has 1 nitrogen and oxygen atoms in total. The summed E-state index contributed by atoms with van der Waals surface area (Å²) in [6.45, 7) is 0. The first-order valence-corrected chi connectivity index (χ1v) is 4.58. The molecule has 1 aromatic rings. The summed E-state index contributed by atoms with van der Waals surface area (Å²) in [7, 11) is 0. The van der Waals surface area contributed by atoms with Crippen molar-refractivity contribution in [2.75, 3.05) is 5.75 Å². The van der Waals surface area contributed by atoms with Crippen molar-refractivity contribution in [1.29, 1.82) is 5.26 Å². The predicted molar refractivity (Wildman–Crippen MR) is 53.7 cm³/mol. The van der Waals surface area contributed by atoms with E-state index in [-0.39, 0.29) is 0 Å². The Hall–Kier alpha value is -0.650. The van der Waals surface area contributed by atoms with Gasteiger partial charge in [-0.15, -0.1) is 0 Å². The van der Waals surface area contributed by atoms with E-state index in [2.05, 4.69) is 18.7 Å². The van der Waals surface area contributed by atoms with Crippen molar-refractivity contribution in [2.45, 2.75) is 6.42 Å². The van der Waals surface area contributed by atoms with Crippen LogP contribution in [0.4, 0.5) is 0 Å². The van der Waals surface area contributed by atoms with Gasteiger partial charge in [0.1, 0.15) is 0 Å².